The molecule has 0 fully saturated rings. The highest BCUT2D eigenvalue weighted by Crippen LogP contribution is 2.48. The number of nitrogens with zero attached hydrogens (tertiary/aromatic N) is 2. The largest absolute Gasteiger partial charge is 0.468 e. The summed E-state index contributed by atoms with van der Waals surface area (Å²) in [5, 5.41) is 1.23. The zero-order chi connectivity index (χ0) is 36.1. The lowest BCUT2D eigenvalue weighted by molar-refractivity contribution is 0.586. The topological polar surface area (TPSA) is 19.6 Å². The second-order valence-corrected chi connectivity index (χ2v) is 18.3. The van der Waals surface area contributed by atoms with Crippen LogP contribution in [0.15, 0.2) is 77.2 Å². The van der Waals surface area contributed by atoms with Gasteiger partial charge in [-0.15, -0.1) is 0 Å². The Morgan fingerprint density at radius 1 is 0.640 bits per heavy atom. The average molecular weight is 665 g/mol. The van der Waals surface area contributed by atoms with Crippen LogP contribution in [-0.2, 0) is 16.2 Å². The van der Waals surface area contributed by atoms with E-state index in [-0.39, 0.29) is 23.0 Å². The summed E-state index contributed by atoms with van der Waals surface area (Å²) in [5.74, 6) is 0.477. The lowest BCUT2D eigenvalue weighted by atomic mass is 9.35. The summed E-state index contributed by atoms with van der Waals surface area (Å²) < 4.78 is 7.15. The minimum atomic E-state index is -0.0422. The molecule has 4 heteroatoms. The third-order valence-corrected chi connectivity index (χ3v) is 11.4. The van der Waals surface area contributed by atoms with E-state index in [0.29, 0.717) is 12.0 Å². The predicted octanol–water partition coefficient (Wildman–Crippen LogP) is 11.4. The van der Waals surface area contributed by atoms with Gasteiger partial charge in [0.25, 0.3) is 6.71 Å². The molecule has 0 spiro atoms. The summed E-state index contributed by atoms with van der Waals surface area (Å²) in [6.07, 6.45) is 2.10. The van der Waals surface area contributed by atoms with Gasteiger partial charge in [0, 0.05) is 34.2 Å². The van der Waals surface area contributed by atoms with Crippen molar-refractivity contribution >= 4 is 62.7 Å². The molecule has 0 atom stereocenters. The fourth-order valence-corrected chi connectivity index (χ4v) is 8.20. The molecule has 0 unspecified atom stereocenters. The van der Waals surface area contributed by atoms with Crippen LogP contribution in [0.4, 0.5) is 28.4 Å². The number of hydrogen-bond acceptors (Lipinski definition) is 3. The van der Waals surface area contributed by atoms with Crippen LogP contribution in [-0.4, -0.2) is 12.8 Å². The van der Waals surface area contributed by atoms with Gasteiger partial charge in [-0.3, -0.25) is 0 Å². The molecule has 0 saturated carbocycles. The molecule has 2 aliphatic heterocycles. The van der Waals surface area contributed by atoms with E-state index >= 15 is 0 Å². The standard InChI is InChI=1S/C46H57BN2O/c1-14-33(15-2)49-39-27-32(46(11,12)13)26-38-41(39)47(43-42(49)35-24-30(44(5,6)7)19-23-40(35)50-43)36-22-18-31(45(8,9)10)25-37(36)48(38)34-20-16-29(17-21-34)28(3)4/h16-28,33H,14-15H2,1-13H3. The number of benzene rings is 4. The first-order valence-electron chi connectivity index (χ1n) is 19.0. The van der Waals surface area contributed by atoms with Crippen LogP contribution < -0.4 is 26.4 Å². The van der Waals surface area contributed by atoms with Crippen LogP contribution in [0, 0.1) is 0 Å². The Morgan fingerprint density at radius 2 is 1.20 bits per heavy atom. The Balaban J connectivity index is 1.63. The summed E-state index contributed by atoms with van der Waals surface area (Å²) in [5.41, 5.74) is 16.4. The van der Waals surface area contributed by atoms with Gasteiger partial charge in [0.15, 0.2) is 0 Å². The maximum absolute atomic E-state index is 7.15. The van der Waals surface area contributed by atoms with Crippen LogP contribution in [0.25, 0.3) is 11.0 Å². The minimum absolute atomic E-state index is 0.00755. The highest BCUT2D eigenvalue weighted by molar-refractivity contribution is 6.99. The summed E-state index contributed by atoms with van der Waals surface area (Å²) in [6, 6.07) is 28.8. The molecule has 7 rings (SSSR count). The van der Waals surface area contributed by atoms with Crippen LogP contribution in [0.3, 0.4) is 0 Å². The highest BCUT2D eigenvalue weighted by Gasteiger charge is 2.48. The molecule has 0 aliphatic carbocycles. The van der Waals surface area contributed by atoms with Crippen molar-refractivity contribution in [3.8, 4) is 0 Å². The molecule has 0 saturated heterocycles. The quantitative estimate of drug-likeness (QED) is 0.171. The van der Waals surface area contributed by atoms with Gasteiger partial charge >= 0.3 is 0 Å². The summed E-state index contributed by atoms with van der Waals surface area (Å²) in [6.45, 7) is 30.2. The van der Waals surface area contributed by atoms with Crippen molar-refractivity contribution in [1.29, 1.82) is 0 Å². The van der Waals surface area contributed by atoms with Gasteiger partial charge in [0.2, 0.25) is 0 Å². The highest BCUT2D eigenvalue weighted by atomic mass is 16.3. The predicted molar refractivity (Wildman–Crippen MR) is 219 cm³/mol. The Labute approximate surface area is 302 Å². The number of hydrogen-bond donors (Lipinski definition) is 0. The van der Waals surface area contributed by atoms with Gasteiger partial charge in [-0.2, -0.15) is 0 Å². The second-order valence-electron chi connectivity index (χ2n) is 18.3. The second kappa shape index (κ2) is 11.8. The molecule has 3 nitrogen and oxygen atoms in total. The monoisotopic (exact) mass is 664 g/mol. The van der Waals surface area contributed by atoms with Gasteiger partial charge in [0.1, 0.15) is 5.58 Å². The minimum Gasteiger partial charge on any atom is -0.468 e. The number of furan rings is 1. The molecule has 0 amide bonds. The van der Waals surface area contributed by atoms with Crippen molar-refractivity contribution in [3.05, 3.63) is 95.1 Å². The van der Waals surface area contributed by atoms with Crippen molar-refractivity contribution in [2.75, 3.05) is 9.80 Å². The third-order valence-electron chi connectivity index (χ3n) is 11.4. The maximum Gasteiger partial charge on any atom is 0.297 e. The molecular formula is C46H57BN2O. The molecule has 4 aromatic carbocycles. The number of fused-ring (bicyclic) bond motifs is 6. The van der Waals surface area contributed by atoms with E-state index in [1.165, 1.54) is 67.0 Å². The lowest BCUT2D eigenvalue weighted by Crippen LogP contribution is -2.62. The summed E-state index contributed by atoms with van der Waals surface area (Å²) >= 11 is 0. The third kappa shape index (κ3) is 5.49. The van der Waals surface area contributed by atoms with Crippen LogP contribution in [0.5, 0.6) is 0 Å². The molecule has 0 radical (unpaired) electrons. The molecule has 2 aliphatic rings. The van der Waals surface area contributed by atoms with E-state index in [2.05, 4.69) is 173 Å². The van der Waals surface area contributed by atoms with E-state index in [1.54, 1.807) is 0 Å². The van der Waals surface area contributed by atoms with E-state index in [1.807, 2.05) is 0 Å². The van der Waals surface area contributed by atoms with E-state index < -0.39 is 0 Å². The van der Waals surface area contributed by atoms with Crippen molar-refractivity contribution in [3.63, 3.8) is 0 Å². The van der Waals surface area contributed by atoms with Gasteiger partial charge in [-0.25, -0.2) is 0 Å². The van der Waals surface area contributed by atoms with Crippen LogP contribution in [0.1, 0.15) is 131 Å². The Hall–Kier alpha value is -3.92. The molecule has 0 N–H and O–H groups in total. The fraction of sp³-hybridized carbons (Fsp3) is 0.435. The zero-order valence-electron chi connectivity index (χ0n) is 32.9. The molecule has 0 bridgehead atoms. The Kier molecular flexibility index (Phi) is 8.17. The first-order valence-corrected chi connectivity index (χ1v) is 19.0. The summed E-state index contributed by atoms with van der Waals surface area (Å²) in [4.78, 5) is 5.25. The van der Waals surface area contributed by atoms with Crippen LogP contribution >= 0.6 is 0 Å². The van der Waals surface area contributed by atoms with E-state index in [0.717, 1.165) is 24.1 Å². The SMILES string of the molecule is CCC(CC)N1c2cc(C(C)(C)C)cc3c2B(c2ccc(C(C)(C)C)cc2N3c2ccc(C(C)C)cc2)c2oc3ccc(C(C)(C)C)cc3c21. The maximum atomic E-state index is 7.15. The van der Waals surface area contributed by atoms with Gasteiger partial charge in [0.05, 0.1) is 11.3 Å². The zero-order valence-corrected chi connectivity index (χ0v) is 32.9. The fourth-order valence-electron chi connectivity index (χ4n) is 8.20. The first-order chi connectivity index (χ1) is 23.4. The molecule has 3 heterocycles. The van der Waals surface area contributed by atoms with Crippen molar-refractivity contribution in [2.24, 2.45) is 0 Å². The van der Waals surface area contributed by atoms with Crippen LogP contribution in [0.2, 0.25) is 0 Å². The van der Waals surface area contributed by atoms with Gasteiger partial charge in [-0.1, -0.05) is 120 Å². The van der Waals surface area contributed by atoms with E-state index in [9.17, 15) is 0 Å². The van der Waals surface area contributed by atoms with Crippen molar-refractivity contribution < 1.29 is 4.42 Å². The van der Waals surface area contributed by atoms with Crippen molar-refractivity contribution in [2.45, 2.75) is 131 Å². The smallest absolute Gasteiger partial charge is 0.297 e. The van der Waals surface area contributed by atoms with Gasteiger partial charge < -0.3 is 14.2 Å². The summed E-state index contributed by atoms with van der Waals surface area (Å²) in [7, 11) is 0. The van der Waals surface area contributed by atoms with Crippen molar-refractivity contribution in [1.82, 2.24) is 0 Å². The lowest BCUT2D eigenvalue weighted by Gasteiger charge is -2.45. The number of anilines is 5. The molecule has 5 aromatic rings. The molecular weight excluding hydrogens is 607 g/mol. The average Bonchev–Trinajstić information content (AvgIpc) is 3.43. The molecule has 260 valence electrons. The van der Waals surface area contributed by atoms with Gasteiger partial charge in [-0.05, 0) is 111 Å². The Bertz CT molecular complexity index is 2080. The molecule has 50 heavy (non-hydrogen) atoms. The first kappa shape index (κ1) is 34.5. The molecule has 1 aromatic heterocycles. The number of rotatable bonds is 5. The van der Waals surface area contributed by atoms with E-state index in [4.69, 9.17) is 4.42 Å². The normalized spacial score (nSPS) is 14.5. The Morgan fingerprint density at radius 3 is 1.78 bits per heavy atom.